The molecule has 1 aliphatic rings. The summed E-state index contributed by atoms with van der Waals surface area (Å²) in [5.41, 5.74) is 6.11. The average Bonchev–Trinajstić information content (AvgIpc) is 2.82. The highest BCUT2D eigenvalue weighted by Gasteiger charge is 2.18. The molecular weight excluding hydrogens is 249 g/mol. The van der Waals surface area contributed by atoms with Crippen LogP contribution in [-0.4, -0.2) is 41.1 Å². The van der Waals surface area contributed by atoms with Gasteiger partial charge in [0.2, 0.25) is 11.9 Å². The third kappa shape index (κ3) is 2.24. The lowest BCUT2D eigenvalue weighted by Crippen LogP contribution is -2.37. The summed E-state index contributed by atoms with van der Waals surface area (Å²) in [6.45, 7) is 2.68. The standard InChI is InChI=1S/C12H14FN5O/c13-9-3-1-2-4-10(9)18-11(14)15-12(16-18)17-5-7-19-8-6-17/h1-4H,5-8H2,(H2,14,15,16). The maximum atomic E-state index is 13.7. The Morgan fingerprint density at radius 1 is 1.21 bits per heavy atom. The molecule has 0 spiro atoms. The summed E-state index contributed by atoms with van der Waals surface area (Å²) in [6, 6.07) is 6.33. The van der Waals surface area contributed by atoms with Crippen LogP contribution in [0.15, 0.2) is 24.3 Å². The fourth-order valence-corrected chi connectivity index (χ4v) is 2.01. The molecule has 0 amide bonds. The Morgan fingerprint density at radius 2 is 1.95 bits per heavy atom. The predicted molar refractivity (Wildman–Crippen MR) is 68.8 cm³/mol. The van der Waals surface area contributed by atoms with Gasteiger partial charge in [-0.25, -0.2) is 4.39 Å². The minimum Gasteiger partial charge on any atom is -0.378 e. The number of benzene rings is 1. The second kappa shape index (κ2) is 4.85. The van der Waals surface area contributed by atoms with Gasteiger partial charge < -0.3 is 15.4 Å². The quantitative estimate of drug-likeness (QED) is 0.869. The Kier molecular flexibility index (Phi) is 3.04. The van der Waals surface area contributed by atoms with Crippen LogP contribution in [0.25, 0.3) is 5.69 Å². The van der Waals surface area contributed by atoms with Crippen LogP contribution in [0.2, 0.25) is 0 Å². The zero-order valence-corrected chi connectivity index (χ0v) is 10.3. The first-order chi connectivity index (χ1) is 9.25. The van der Waals surface area contributed by atoms with E-state index in [0.29, 0.717) is 37.9 Å². The smallest absolute Gasteiger partial charge is 0.247 e. The number of hydrogen-bond donors (Lipinski definition) is 1. The van der Waals surface area contributed by atoms with Crippen molar-refractivity contribution in [2.75, 3.05) is 36.9 Å². The Bertz CT molecular complexity index is 579. The number of ether oxygens (including phenoxy) is 1. The van der Waals surface area contributed by atoms with E-state index >= 15 is 0 Å². The van der Waals surface area contributed by atoms with E-state index in [2.05, 4.69) is 10.1 Å². The highest BCUT2D eigenvalue weighted by molar-refractivity contribution is 5.43. The predicted octanol–water partition coefficient (Wildman–Crippen LogP) is 0.825. The Labute approximate surface area is 109 Å². The van der Waals surface area contributed by atoms with Gasteiger partial charge in [-0.05, 0) is 12.1 Å². The molecule has 1 aromatic heterocycles. The molecule has 0 bridgehead atoms. The maximum Gasteiger partial charge on any atom is 0.247 e. The van der Waals surface area contributed by atoms with E-state index in [0.717, 1.165) is 0 Å². The number of nitrogen functional groups attached to an aromatic ring is 1. The highest BCUT2D eigenvalue weighted by atomic mass is 19.1. The molecule has 19 heavy (non-hydrogen) atoms. The fourth-order valence-electron chi connectivity index (χ4n) is 2.01. The van der Waals surface area contributed by atoms with Crippen LogP contribution in [0.5, 0.6) is 0 Å². The topological polar surface area (TPSA) is 69.2 Å². The molecule has 100 valence electrons. The van der Waals surface area contributed by atoms with Gasteiger partial charge in [0.15, 0.2) is 0 Å². The maximum absolute atomic E-state index is 13.7. The van der Waals surface area contributed by atoms with Crippen molar-refractivity contribution >= 4 is 11.9 Å². The van der Waals surface area contributed by atoms with E-state index in [1.165, 1.54) is 10.7 Å². The number of rotatable bonds is 2. The summed E-state index contributed by atoms with van der Waals surface area (Å²) >= 11 is 0. The third-order valence-corrected chi connectivity index (χ3v) is 3.00. The van der Waals surface area contributed by atoms with E-state index in [1.807, 2.05) is 4.90 Å². The Morgan fingerprint density at radius 3 is 2.68 bits per heavy atom. The minimum absolute atomic E-state index is 0.173. The molecule has 6 nitrogen and oxygen atoms in total. The molecular formula is C12H14FN5O. The van der Waals surface area contributed by atoms with Crippen LogP contribution in [0.1, 0.15) is 0 Å². The highest BCUT2D eigenvalue weighted by Crippen LogP contribution is 2.19. The van der Waals surface area contributed by atoms with E-state index in [9.17, 15) is 4.39 Å². The van der Waals surface area contributed by atoms with Crippen LogP contribution >= 0.6 is 0 Å². The molecule has 7 heteroatoms. The van der Waals surface area contributed by atoms with Crippen LogP contribution < -0.4 is 10.6 Å². The zero-order chi connectivity index (χ0) is 13.2. The van der Waals surface area contributed by atoms with Crippen molar-refractivity contribution in [3.63, 3.8) is 0 Å². The van der Waals surface area contributed by atoms with Crippen LogP contribution in [0, 0.1) is 5.82 Å². The van der Waals surface area contributed by atoms with E-state index in [4.69, 9.17) is 10.5 Å². The summed E-state index contributed by atoms with van der Waals surface area (Å²) in [5, 5.41) is 4.28. The number of hydrogen-bond acceptors (Lipinski definition) is 5. The molecule has 0 radical (unpaired) electrons. The Balaban J connectivity index is 1.95. The SMILES string of the molecule is Nc1nc(N2CCOCC2)nn1-c1ccccc1F. The number of halogens is 1. The number of nitrogens with two attached hydrogens (primary N) is 1. The van der Waals surface area contributed by atoms with Crippen molar-refractivity contribution < 1.29 is 9.13 Å². The number of nitrogens with zero attached hydrogens (tertiary/aromatic N) is 4. The van der Waals surface area contributed by atoms with Gasteiger partial charge in [-0.1, -0.05) is 12.1 Å². The van der Waals surface area contributed by atoms with Crippen LogP contribution in [-0.2, 0) is 4.74 Å². The molecule has 1 saturated heterocycles. The van der Waals surface area contributed by atoms with Gasteiger partial charge in [-0.15, -0.1) is 5.10 Å². The average molecular weight is 263 g/mol. The molecule has 0 aliphatic carbocycles. The Hall–Kier alpha value is -2.15. The van der Waals surface area contributed by atoms with Crippen molar-refractivity contribution in [2.24, 2.45) is 0 Å². The monoisotopic (exact) mass is 263 g/mol. The van der Waals surface area contributed by atoms with Gasteiger partial charge in [0.25, 0.3) is 0 Å². The third-order valence-electron chi connectivity index (χ3n) is 3.00. The van der Waals surface area contributed by atoms with Crippen LogP contribution in [0.3, 0.4) is 0 Å². The van der Waals surface area contributed by atoms with Gasteiger partial charge in [-0.3, -0.25) is 0 Å². The first-order valence-electron chi connectivity index (χ1n) is 6.06. The molecule has 3 rings (SSSR count). The molecule has 0 atom stereocenters. The molecule has 1 fully saturated rings. The molecule has 0 unspecified atom stereocenters. The second-order valence-corrected chi connectivity index (χ2v) is 4.23. The lowest BCUT2D eigenvalue weighted by atomic mass is 10.3. The van der Waals surface area contributed by atoms with Gasteiger partial charge in [0.1, 0.15) is 11.5 Å². The summed E-state index contributed by atoms with van der Waals surface area (Å²) in [7, 11) is 0. The van der Waals surface area contributed by atoms with E-state index in [1.54, 1.807) is 18.2 Å². The normalized spacial score (nSPS) is 15.7. The van der Waals surface area contributed by atoms with Gasteiger partial charge in [0, 0.05) is 13.1 Å². The van der Waals surface area contributed by atoms with Crippen LogP contribution in [0.4, 0.5) is 16.3 Å². The largest absolute Gasteiger partial charge is 0.378 e. The lowest BCUT2D eigenvalue weighted by Gasteiger charge is -2.25. The zero-order valence-electron chi connectivity index (χ0n) is 10.3. The van der Waals surface area contributed by atoms with Crippen molar-refractivity contribution in [2.45, 2.75) is 0 Å². The van der Waals surface area contributed by atoms with Crippen molar-refractivity contribution in [3.8, 4) is 5.69 Å². The van der Waals surface area contributed by atoms with Crippen molar-refractivity contribution in [3.05, 3.63) is 30.1 Å². The summed E-state index contributed by atoms with van der Waals surface area (Å²) in [5.74, 6) is 0.295. The summed E-state index contributed by atoms with van der Waals surface area (Å²) in [6.07, 6.45) is 0. The fraction of sp³-hybridized carbons (Fsp3) is 0.333. The number of para-hydroxylation sites is 1. The first-order valence-corrected chi connectivity index (χ1v) is 6.06. The van der Waals surface area contributed by atoms with Gasteiger partial charge >= 0.3 is 0 Å². The van der Waals surface area contributed by atoms with Gasteiger partial charge in [0.05, 0.1) is 13.2 Å². The molecule has 1 aliphatic heterocycles. The molecule has 0 saturated carbocycles. The molecule has 2 aromatic rings. The molecule has 1 aromatic carbocycles. The first kappa shape index (κ1) is 11.9. The van der Waals surface area contributed by atoms with Crippen molar-refractivity contribution in [1.29, 1.82) is 0 Å². The number of aromatic nitrogens is 3. The molecule has 2 heterocycles. The summed E-state index contributed by atoms with van der Waals surface area (Å²) in [4.78, 5) is 6.15. The van der Waals surface area contributed by atoms with E-state index < -0.39 is 0 Å². The number of anilines is 2. The van der Waals surface area contributed by atoms with Crippen molar-refractivity contribution in [1.82, 2.24) is 14.8 Å². The van der Waals surface area contributed by atoms with Gasteiger partial charge in [-0.2, -0.15) is 9.67 Å². The minimum atomic E-state index is -0.382. The molecule has 2 N–H and O–H groups in total. The summed E-state index contributed by atoms with van der Waals surface area (Å²) < 4.78 is 20.3. The second-order valence-electron chi connectivity index (χ2n) is 4.23. The lowest BCUT2D eigenvalue weighted by molar-refractivity contribution is 0.122. The number of morpholine rings is 1. The van der Waals surface area contributed by atoms with E-state index in [-0.39, 0.29) is 11.8 Å².